The first kappa shape index (κ1) is 19.0. The maximum Gasteiger partial charge on any atom is 0.236 e. The summed E-state index contributed by atoms with van der Waals surface area (Å²) in [5, 5.41) is 3.27. The lowest BCUT2D eigenvalue weighted by Gasteiger charge is -2.37. The summed E-state index contributed by atoms with van der Waals surface area (Å²) in [5.74, 6) is 1.12. The van der Waals surface area contributed by atoms with E-state index < -0.39 is 0 Å². The highest BCUT2D eigenvalue weighted by Gasteiger charge is 2.23. The lowest BCUT2D eigenvalue weighted by atomic mass is 10.2. The topological polar surface area (TPSA) is 35.6 Å². The van der Waals surface area contributed by atoms with Crippen molar-refractivity contribution < 1.29 is 4.79 Å². The Hall–Kier alpha value is -0.0300. The third-order valence-corrected chi connectivity index (χ3v) is 3.80. The molecule has 0 spiro atoms. The van der Waals surface area contributed by atoms with E-state index in [0.29, 0.717) is 12.6 Å². The Bertz CT molecular complexity index is 265. The molecule has 19 heavy (non-hydrogen) atoms. The van der Waals surface area contributed by atoms with Gasteiger partial charge in [0.2, 0.25) is 5.91 Å². The molecule has 0 unspecified atom stereocenters. The lowest BCUT2D eigenvalue weighted by Crippen LogP contribution is -2.52. The standard InChI is InChI=1S/C13H25N3O.2ClH/c1-11(2)15-5-7-16(8-6-15)13(17)10-14-9-12-3-4-12;;/h11-12,14H,3-10H2,1-2H3;2*1H. The van der Waals surface area contributed by atoms with Crippen molar-refractivity contribution in [1.29, 1.82) is 0 Å². The second-order valence-corrected chi connectivity index (χ2v) is 5.58. The Morgan fingerprint density at radius 2 is 1.74 bits per heavy atom. The maximum absolute atomic E-state index is 11.9. The Labute approximate surface area is 129 Å². The molecule has 6 heteroatoms. The van der Waals surface area contributed by atoms with E-state index in [4.69, 9.17) is 0 Å². The van der Waals surface area contributed by atoms with Crippen molar-refractivity contribution in [3.63, 3.8) is 0 Å². The summed E-state index contributed by atoms with van der Waals surface area (Å²) in [6, 6.07) is 0.597. The van der Waals surface area contributed by atoms with Gasteiger partial charge in [-0.15, -0.1) is 24.8 Å². The smallest absolute Gasteiger partial charge is 0.236 e. The van der Waals surface area contributed by atoms with E-state index in [1.165, 1.54) is 12.8 Å². The zero-order valence-electron chi connectivity index (χ0n) is 11.9. The number of halogens is 2. The maximum atomic E-state index is 11.9. The van der Waals surface area contributed by atoms with Crippen LogP contribution in [0.15, 0.2) is 0 Å². The Morgan fingerprint density at radius 1 is 1.16 bits per heavy atom. The second kappa shape index (κ2) is 9.01. The van der Waals surface area contributed by atoms with Gasteiger partial charge >= 0.3 is 0 Å². The molecule has 114 valence electrons. The van der Waals surface area contributed by atoms with Gasteiger partial charge in [0.1, 0.15) is 0 Å². The monoisotopic (exact) mass is 311 g/mol. The number of carbonyl (C=O) groups is 1. The number of nitrogens with zero attached hydrogens (tertiary/aromatic N) is 2. The Morgan fingerprint density at radius 3 is 2.21 bits per heavy atom. The van der Waals surface area contributed by atoms with Gasteiger partial charge in [-0.2, -0.15) is 0 Å². The minimum atomic E-state index is 0. The average Bonchev–Trinajstić information content (AvgIpc) is 3.13. The van der Waals surface area contributed by atoms with Crippen LogP contribution in [0.2, 0.25) is 0 Å². The molecule has 2 fully saturated rings. The van der Waals surface area contributed by atoms with Crippen LogP contribution in [0.1, 0.15) is 26.7 Å². The van der Waals surface area contributed by atoms with Crippen molar-refractivity contribution in [3.05, 3.63) is 0 Å². The number of piperazine rings is 1. The van der Waals surface area contributed by atoms with E-state index in [9.17, 15) is 4.79 Å². The molecular formula is C13H27Cl2N3O. The SMILES string of the molecule is CC(C)N1CCN(C(=O)CNCC2CC2)CC1.Cl.Cl. The first-order valence-corrected chi connectivity index (χ1v) is 6.89. The Balaban J connectivity index is 0.00000162. The lowest BCUT2D eigenvalue weighted by molar-refractivity contribution is -0.132. The van der Waals surface area contributed by atoms with Gasteiger partial charge in [0.25, 0.3) is 0 Å². The average molecular weight is 312 g/mol. The number of hydrogen-bond acceptors (Lipinski definition) is 3. The highest BCUT2D eigenvalue weighted by atomic mass is 35.5. The van der Waals surface area contributed by atoms with Gasteiger partial charge < -0.3 is 10.2 Å². The zero-order valence-corrected chi connectivity index (χ0v) is 13.6. The quantitative estimate of drug-likeness (QED) is 0.833. The molecular weight excluding hydrogens is 285 g/mol. The summed E-state index contributed by atoms with van der Waals surface area (Å²) in [7, 11) is 0. The highest BCUT2D eigenvalue weighted by molar-refractivity contribution is 5.85. The van der Waals surface area contributed by atoms with Crippen molar-refractivity contribution in [2.75, 3.05) is 39.3 Å². The molecule has 2 rings (SSSR count). The van der Waals surface area contributed by atoms with E-state index in [2.05, 4.69) is 24.1 Å². The molecule has 1 aliphatic carbocycles. The highest BCUT2D eigenvalue weighted by Crippen LogP contribution is 2.27. The number of hydrogen-bond donors (Lipinski definition) is 1. The van der Waals surface area contributed by atoms with Gasteiger partial charge in [0.05, 0.1) is 6.54 Å². The van der Waals surface area contributed by atoms with Crippen LogP contribution < -0.4 is 5.32 Å². The van der Waals surface area contributed by atoms with Crippen LogP contribution >= 0.6 is 24.8 Å². The number of carbonyl (C=O) groups excluding carboxylic acids is 1. The van der Waals surface area contributed by atoms with E-state index in [0.717, 1.165) is 38.6 Å². The minimum absolute atomic E-state index is 0. The van der Waals surface area contributed by atoms with Gasteiger partial charge in [-0.1, -0.05) is 0 Å². The zero-order chi connectivity index (χ0) is 12.3. The third-order valence-electron chi connectivity index (χ3n) is 3.80. The van der Waals surface area contributed by atoms with Crippen LogP contribution in [0.3, 0.4) is 0 Å². The molecule has 0 aromatic carbocycles. The molecule has 1 saturated carbocycles. The van der Waals surface area contributed by atoms with Crippen LogP contribution in [-0.4, -0.2) is 61.0 Å². The summed E-state index contributed by atoms with van der Waals surface area (Å²) < 4.78 is 0. The fourth-order valence-corrected chi connectivity index (χ4v) is 2.30. The Kier molecular flexibility index (Phi) is 8.99. The van der Waals surface area contributed by atoms with Crippen LogP contribution in [0.4, 0.5) is 0 Å². The molecule has 2 aliphatic rings. The molecule has 0 aromatic heterocycles. The van der Waals surface area contributed by atoms with Crippen molar-refractivity contribution in [2.24, 2.45) is 5.92 Å². The summed E-state index contributed by atoms with van der Waals surface area (Å²) in [5.41, 5.74) is 0. The van der Waals surface area contributed by atoms with Crippen molar-refractivity contribution in [2.45, 2.75) is 32.7 Å². The van der Waals surface area contributed by atoms with Crippen molar-refractivity contribution in [1.82, 2.24) is 15.1 Å². The van der Waals surface area contributed by atoms with Gasteiger partial charge in [-0.3, -0.25) is 9.69 Å². The fourth-order valence-electron chi connectivity index (χ4n) is 2.30. The summed E-state index contributed by atoms with van der Waals surface area (Å²) in [6.45, 7) is 9.81. The molecule has 0 radical (unpaired) electrons. The van der Waals surface area contributed by atoms with E-state index >= 15 is 0 Å². The molecule has 1 N–H and O–H groups in total. The van der Waals surface area contributed by atoms with E-state index in [-0.39, 0.29) is 30.7 Å². The van der Waals surface area contributed by atoms with E-state index in [1.807, 2.05) is 4.90 Å². The molecule has 1 heterocycles. The molecule has 1 saturated heterocycles. The summed E-state index contributed by atoms with van der Waals surface area (Å²) in [6.07, 6.45) is 2.68. The molecule has 1 aliphatic heterocycles. The van der Waals surface area contributed by atoms with Crippen LogP contribution in [0.25, 0.3) is 0 Å². The van der Waals surface area contributed by atoms with Gasteiger partial charge in [0, 0.05) is 32.2 Å². The molecule has 4 nitrogen and oxygen atoms in total. The van der Waals surface area contributed by atoms with Crippen molar-refractivity contribution >= 4 is 30.7 Å². The largest absolute Gasteiger partial charge is 0.339 e. The molecule has 0 atom stereocenters. The molecule has 0 aromatic rings. The summed E-state index contributed by atoms with van der Waals surface area (Å²) in [4.78, 5) is 16.4. The fraction of sp³-hybridized carbons (Fsp3) is 0.923. The minimum Gasteiger partial charge on any atom is -0.339 e. The third kappa shape index (κ3) is 6.30. The first-order chi connectivity index (χ1) is 8.16. The first-order valence-electron chi connectivity index (χ1n) is 6.89. The van der Waals surface area contributed by atoms with Gasteiger partial charge in [-0.05, 0) is 39.2 Å². The number of nitrogens with one attached hydrogen (secondary N) is 1. The van der Waals surface area contributed by atoms with E-state index in [1.54, 1.807) is 0 Å². The van der Waals surface area contributed by atoms with Crippen LogP contribution in [0, 0.1) is 5.92 Å². The van der Waals surface area contributed by atoms with Crippen LogP contribution in [-0.2, 0) is 4.79 Å². The normalized spacial score (nSPS) is 19.8. The predicted molar refractivity (Wildman–Crippen MR) is 83.4 cm³/mol. The van der Waals surface area contributed by atoms with Crippen LogP contribution in [0.5, 0.6) is 0 Å². The van der Waals surface area contributed by atoms with Gasteiger partial charge in [0.15, 0.2) is 0 Å². The predicted octanol–water partition coefficient (Wildman–Crippen LogP) is 1.38. The molecule has 0 bridgehead atoms. The summed E-state index contributed by atoms with van der Waals surface area (Å²) >= 11 is 0. The van der Waals surface area contributed by atoms with Crippen molar-refractivity contribution in [3.8, 4) is 0 Å². The second-order valence-electron chi connectivity index (χ2n) is 5.58. The molecule has 1 amide bonds. The van der Waals surface area contributed by atoms with Gasteiger partial charge in [-0.25, -0.2) is 0 Å². The number of amides is 1. The number of rotatable bonds is 5.